The normalized spacial score (nSPS) is 11.6. The molecule has 3 rings (SSSR count). The third kappa shape index (κ3) is 6.06. The molecular weight excluding hydrogens is 520 g/mol. The molecule has 0 saturated carbocycles. The molecule has 1 aromatic heterocycles. The first-order valence-corrected chi connectivity index (χ1v) is 13.2. The minimum atomic E-state index is -3.69. The molecular formula is C24H27BrN4O4S. The number of para-hydroxylation sites is 1. The lowest BCUT2D eigenvalue weighted by Crippen LogP contribution is -2.39. The Hall–Kier alpha value is -3.11. The van der Waals surface area contributed by atoms with Crippen LogP contribution in [-0.2, 0) is 14.8 Å². The van der Waals surface area contributed by atoms with Crippen LogP contribution in [0.3, 0.4) is 0 Å². The van der Waals surface area contributed by atoms with Gasteiger partial charge in [0.2, 0.25) is 10.0 Å². The van der Waals surface area contributed by atoms with E-state index in [2.05, 4.69) is 31.0 Å². The van der Waals surface area contributed by atoms with Gasteiger partial charge in [0.1, 0.15) is 12.3 Å². The van der Waals surface area contributed by atoms with Crippen molar-refractivity contribution in [1.82, 2.24) is 9.99 Å². The van der Waals surface area contributed by atoms with Crippen LogP contribution < -0.4 is 14.5 Å². The number of aromatic nitrogens is 1. The third-order valence-corrected chi connectivity index (χ3v) is 6.89. The van der Waals surface area contributed by atoms with E-state index in [0.29, 0.717) is 18.0 Å². The highest BCUT2D eigenvalue weighted by Gasteiger charge is 2.21. The maximum Gasteiger partial charge on any atom is 0.260 e. The summed E-state index contributed by atoms with van der Waals surface area (Å²) < 4.78 is 34.0. The van der Waals surface area contributed by atoms with Crippen LogP contribution in [0.1, 0.15) is 23.9 Å². The summed E-state index contributed by atoms with van der Waals surface area (Å²) in [6.07, 6.45) is 2.60. The zero-order chi connectivity index (χ0) is 24.9. The molecule has 1 amide bonds. The van der Waals surface area contributed by atoms with Gasteiger partial charge in [0, 0.05) is 21.4 Å². The number of hydrazone groups is 1. The van der Waals surface area contributed by atoms with E-state index in [4.69, 9.17) is 4.74 Å². The van der Waals surface area contributed by atoms with Gasteiger partial charge in [-0.15, -0.1) is 0 Å². The molecule has 0 atom stereocenters. The first kappa shape index (κ1) is 25.5. The van der Waals surface area contributed by atoms with Crippen LogP contribution >= 0.6 is 15.9 Å². The van der Waals surface area contributed by atoms with Crippen molar-refractivity contribution in [3.8, 4) is 11.4 Å². The molecule has 34 heavy (non-hydrogen) atoms. The fraction of sp³-hybridized carbons (Fsp3) is 0.250. The molecule has 0 aliphatic carbocycles. The first-order valence-electron chi connectivity index (χ1n) is 10.6. The van der Waals surface area contributed by atoms with Gasteiger partial charge in [-0.05, 0) is 79.2 Å². The van der Waals surface area contributed by atoms with Crippen LogP contribution in [0.4, 0.5) is 5.69 Å². The standard InChI is InChI=1S/C24H27BrN4O4S/c1-5-33-21-12-10-20(11-13-21)28(34(4,31)32)16-24(30)27-26-15-19-14-17(2)29(18(19)3)23-9-7-6-8-22(23)25/h6-15H,5,16H2,1-4H3,(H,27,30)/b26-15-. The minimum absolute atomic E-state index is 0.363. The highest BCUT2D eigenvalue weighted by atomic mass is 79.9. The highest BCUT2D eigenvalue weighted by molar-refractivity contribution is 9.10. The molecule has 0 fully saturated rings. The van der Waals surface area contributed by atoms with Gasteiger partial charge < -0.3 is 9.30 Å². The number of amides is 1. The lowest BCUT2D eigenvalue weighted by molar-refractivity contribution is -0.119. The van der Waals surface area contributed by atoms with Crippen LogP contribution in [0, 0.1) is 13.8 Å². The average molecular weight is 547 g/mol. The van der Waals surface area contributed by atoms with E-state index in [0.717, 1.165) is 37.7 Å². The molecule has 0 spiro atoms. The summed E-state index contributed by atoms with van der Waals surface area (Å²) >= 11 is 3.58. The van der Waals surface area contributed by atoms with Crippen molar-refractivity contribution in [2.75, 3.05) is 23.7 Å². The van der Waals surface area contributed by atoms with Crippen LogP contribution in [0.2, 0.25) is 0 Å². The van der Waals surface area contributed by atoms with E-state index < -0.39 is 22.5 Å². The Balaban J connectivity index is 1.73. The Labute approximate surface area is 208 Å². The Kier molecular flexibility index (Phi) is 8.16. The first-order chi connectivity index (χ1) is 16.1. The molecule has 3 aromatic rings. The summed E-state index contributed by atoms with van der Waals surface area (Å²) in [7, 11) is -3.69. The van der Waals surface area contributed by atoms with Crippen molar-refractivity contribution < 1.29 is 17.9 Å². The molecule has 0 unspecified atom stereocenters. The number of carbonyl (C=O) groups is 1. The SMILES string of the molecule is CCOc1ccc(N(CC(=O)N/N=C\c2cc(C)n(-c3ccccc3Br)c2C)S(C)(=O)=O)cc1. The summed E-state index contributed by atoms with van der Waals surface area (Å²) in [6, 6.07) is 16.4. The van der Waals surface area contributed by atoms with Crippen LogP contribution in [0.15, 0.2) is 64.2 Å². The number of carbonyl (C=O) groups excluding carboxylic acids is 1. The summed E-state index contributed by atoms with van der Waals surface area (Å²) in [5, 5.41) is 4.05. The van der Waals surface area contributed by atoms with Crippen LogP contribution in [0.5, 0.6) is 5.75 Å². The monoisotopic (exact) mass is 546 g/mol. The zero-order valence-corrected chi connectivity index (χ0v) is 21.9. The third-order valence-electron chi connectivity index (χ3n) is 5.08. The number of hydrogen-bond acceptors (Lipinski definition) is 5. The second kappa shape index (κ2) is 10.9. The molecule has 1 N–H and O–H groups in total. The smallest absolute Gasteiger partial charge is 0.260 e. The Bertz CT molecular complexity index is 1300. The number of nitrogens with zero attached hydrogens (tertiary/aromatic N) is 3. The molecule has 0 aliphatic heterocycles. The number of hydrogen-bond donors (Lipinski definition) is 1. The number of aryl methyl sites for hydroxylation is 1. The predicted molar refractivity (Wildman–Crippen MR) is 138 cm³/mol. The molecule has 1 heterocycles. The summed E-state index contributed by atoms with van der Waals surface area (Å²) in [4.78, 5) is 12.5. The van der Waals surface area contributed by atoms with Crippen molar-refractivity contribution in [3.05, 3.63) is 76.0 Å². The van der Waals surface area contributed by atoms with Crippen LogP contribution in [0.25, 0.3) is 5.69 Å². The maximum atomic E-state index is 12.5. The fourth-order valence-electron chi connectivity index (χ4n) is 3.54. The van der Waals surface area contributed by atoms with E-state index >= 15 is 0 Å². The molecule has 2 aromatic carbocycles. The van der Waals surface area contributed by atoms with E-state index in [1.165, 1.54) is 0 Å². The van der Waals surface area contributed by atoms with E-state index in [1.807, 2.05) is 51.1 Å². The molecule has 0 radical (unpaired) electrons. The largest absolute Gasteiger partial charge is 0.494 e. The van der Waals surface area contributed by atoms with Gasteiger partial charge in [0.25, 0.3) is 5.91 Å². The lowest BCUT2D eigenvalue weighted by atomic mass is 10.2. The topological polar surface area (TPSA) is 93.0 Å². The van der Waals surface area contributed by atoms with E-state index in [-0.39, 0.29) is 0 Å². The Morgan fingerprint density at radius 3 is 2.47 bits per heavy atom. The molecule has 8 nitrogen and oxygen atoms in total. The number of anilines is 1. The molecule has 0 saturated heterocycles. The predicted octanol–water partition coefficient (Wildman–Crippen LogP) is 4.17. The van der Waals surface area contributed by atoms with Gasteiger partial charge in [-0.1, -0.05) is 12.1 Å². The number of halogens is 1. The second-order valence-electron chi connectivity index (χ2n) is 7.60. The highest BCUT2D eigenvalue weighted by Crippen LogP contribution is 2.26. The molecule has 10 heteroatoms. The van der Waals surface area contributed by atoms with Crippen molar-refractivity contribution in [1.29, 1.82) is 0 Å². The number of sulfonamides is 1. The van der Waals surface area contributed by atoms with Gasteiger partial charge in [0.15, 0.2) is 0 Å². The van der Waals surface area contributed by atoms with Crippen molar-refractivity contribution in [3.63, 3.8) is 0 Å². The minimum Gasteiger partial charge on any atom is -0.494 e. The summed E-state index contributed by atoms with van der Waals surface area (Å²) in [5.41, 5.74) is 6.58. The van der Waals surface area contributed by atoms with Gasteiger partial charge in [-0.3, -0.25) is 9.10 Å². The molecule has 0 bridgehead atoms. The summed E-state index contributed by atoms with van der Waals surface area (Å²) in [5.74, 6) is 0.0593. The zero-order valence-electron chi connectivity index (χ0n) is 19.4. The maximum absolute atomic E-state index is 12.5. The van der Waals surface area contributed by atoms with Gasteiger partial charge in [-0.2, -0.15) is 5.10 Å². The summed E-state index contributed by atoms with van der Waals surface area (Å²) in [6.45, 7) is 5.91. The number of nitrogens with one attached hydrogen (secondary N) is 1. The van der Waals surface area contributed by atoms with Gasteiger partial charge >= 0.3 is 0 Å². The Morgan fingerprint density at radius 2 is 1.85 bits per heavy atom. The van der Waals surface area contributed by atoms with Crippen molar-refractivity contribution in [2.45, 2.75) is 20.8 Å². The van der Waals surface area contributed by atoms with Crippen molar-refractivity contribution in [2.24, 2.45) is 5.10 Å². The number of ether oxygens (including phenoxy) is 1. The average Bonchev–Trinajstić information content (AvgIpc) is 3.06. The van der Waals surface area contributed by atoms with Gasteiger partial charge in [-0.25, -0.2) is 13.8 Å². The van der Waals surface area contributed by atoms with E-state index in [1.54, 1.807) is 30.5 Å². The van der Waals surface area contributed by atoms with E-state index in [9.17, 15) is 13.2 Å². The number of benzene rings is 2. The fourth-order valence-corrected chi connectivity index (χ4v) is 4.86. The quantitative estimate of drug-likeness (QED) is 0.322. The molecule has 0 aliphatic rings. The second-order valence-corrected chi connectivity index (χ2v) is 10.4. The Morgan fingerprint density at radius 1 is 1.18 bits per heavy atom. The molecule has 180 valence electrons. The van der Waals surface area contributed by atoms with Crippen LogP contribution in [-0.4, -0.2) is 44.5 Å². The van der Waals surface area contributed by atoms with Crippen molar-refractivity contribution >= 4 is 43.8 Å². The lowest BCUT2D eigenvalue weighted by Gasteiger charge is -2.21. The van der Waals surface area contributed by atoms with Gasteiger partial charge in [0.05, 0.1) is 30.5 Å². The number of rotatable bonds is 9.